The average molecular weight is 384 g/mol. The first-order valence-electron chi connectivity index (χ1n) is 9.67. The number of benzene rings is 1. The number of hydrogen-bond acceptors (Lipinski definition) is 7. The molecule has 1 amide bonds. The summed E-state index contributed by atoms with van der Waals surface area (Å²) in [5.41, 5.74) is 7.04. The molecule has 8 heteroatoms. The minimum absolute atomic E-state index is 0.228. The molecule has 28 heavy (non-hydrogen) atoms. The Labute approximate surface area is 165 Å². The Bertz CT molecular complexity index is 781. The number of nitrogen functional groups attached to an aromatic ring is 1. The third-order valence-electron chi connectivity index (χ3n) is 4.70. The van der Waals surface area contributed by atoms with Gasteiger partial charge in [0.05, 0.1) is 7.11 Å². The van der Waals surface area contributed by atoms with Crippen LogP contribution in [-0.4, -0.2) is 54.1 Å². The molecule has 2 heterocycles. The van der Waals surface area contributed by atoms with E-state index < -0.39 is 0 Å². The summed E-state index contributed by atoms with van der Waals surface area (Å²) >= 11 is 0. The third-order valence-corrected chi connectivity index (χ3v) is 4.70. The van der Waals surface area contributed by atoms with E-state index in [0.717, 1.165) is 51.2 Å². The Hall–Kier alpha value is -3.03. The van der Waals surface area contributed by atoms with Gasteiger partial charge in [-0.15, -0.1) is 0 Å². The summed E-state index contributed by atoms with van der Waals surface area (Å²) in [6.07, 6.45) is 3.39. The largest absolute Gasteiger partial charge is 0.497 e. The zero-order valence-electron chi connectivity index (χ0n) is 16.3. The molecule has 0 aliphatic carbocycles. The van der Waals surface area contributed by atoms with Crippen molar-refractivity contribution in [3.63, 3.8) is 0 Å². The van der Waals surface area contributed by atoms with Crippen LogP contribution >= 0.6 is 0 Å². The molecule has 150 valence electrons. The maximum absolute atomic E-state index is 11.6. The van der Waals surface area contributed by atoms with Gasteiger partial charge in [0, 0.05) is 38.7 Å². The number of rotatable bonds is 10. The second-order valence-electron chi connectivity index (χ2n) is 6.79. The molecule has 1 aromatic carbocycles. The first-order chi connectivity index (χ1) is 13.6. The van der Waals surface area contributed by atoms with Crippen LogP contribution in [0, 0.1) is 0 Å². The molecule has 4 N–H and O–H groups in total. The Morgan fingerprint density at radius 1 is 1.14 bits per heavy atom. The first-order valence-corrected chi connectivity index (χ1v) is 9.67. The van der Waals surface area contributed by atoms with Gasteiger partial charge in [-0.25, -0.2) is 0 Å². The van der Waals surface area contributed by atoms with Crippen LogP contribution in [0.1, 0.15) is 24.8 Å². The van der Waals surface area contributed by atoms with E-state index in [4.69, 9.17) is 10.5 Å². The highest BCUT2D eigenvalue weighted by Crippen LogP contribution is 2.15. The van der Waals surface area contributed by atoms with Crippen LogP contribution in [0.5, 0.6) is 5.75 Å². The van der Waals surface area contributed by atoms with Crippen molar-refractivity contribution in [2.24, 2.45) is 0 Å². The predicted octanol–water partition coefficient (Wildman–Crippen LogP) is 2.15. The predicted molar refractivity (Wildman–Crippen MR) is 111 cm³/mol. The molecule has 1 aliphatic rings. The Balaban J connectivity index is 1.43. The average Bonchev–Trinajstić information content (AvgIpc) is 3.10. The number of likely N-dealkylation sites (tertiary alicyclic amines) is 1. The third kappa shape index (κ3) is 5.73. The highest BCUT2D eigenvalue weighted by Gasteiger charge is 2.18. The minimum Gasteiger partial charge on any atom is -0.497 e. The number of ether oxygens (including phenoxy) is 1. The lowest BCUT2D eigenvalue weighted by atomic mass is 10.1. The summed E-state index contributed by atoms with van der Waals surface area (Å²) in [5, 5.41) is 6.55. The number of aromatic nitrogens is 2. The first kappa shape index (κ1) is 19.7. The zero-order chi connectivity index (χ0) is 19.8. The van der Waals surface area contributed by atoms with Gasteiger partial charge >= 0.3 is 0 Å². The van der Waals surface area contributed by atoms with E-state index in [2.05, 4.69) is 20.6 Å². The van der Waals surface area contributed by atoms with Crippen molar-refractivity contribution in [3.8, 4) is 5.75 Å². The molecule has 1 aliphatic heterocycles. The van der Waals surface area contributed by atoms with Gasteiger partial charge in [0.1, 0.15) is 17.4 Å². The normalized spacial score (nSPS) is 13.6. The fraction of sp³-hybridized carbons (Fsp3) is 0.450. The Kier molecular flexibility index (Phi) is 6.89. The molecule has 0 saturated carbocycles. The van der Waals surface area contributed by atoms with Crippen molar-refractivity contribution in [2.75, 3.05) is 49.7 Å². The maximum atomic E-state index is 11.6. The van der Waals surface area contributed by atoms with Gasteiger partial charge < -0.3 is 26.0 Å². The smallest absolute Gasteiger partial charge is 0.223 e. The Morgan fingerprint density at radius 2 is 1.86 bits per heavy atom. The van der Waals surface area contributed by atoms with Gasteiger partial charge in [0.15, 0.2) is 0 Å². The van der Waals surface area contributed by atoms with Crippen molar-refractivity contribution in [3.05, 3.63) is 35.9 Å². The number of carbonyl (C=O) groups excluding carboxylic acids is 1. The molecule has 0 bridgehead atoms. The number of hydrogen-bond donors (Lipinski definition) is 3. The maximum Gasteiger partial charge on any atom is 0.223 e. The molecule has 0 radical (unpaired) electrons. The van der Waals surface area contributed by atoms with Gasteiger partial charge in [0.2, 0.25) is 11.9 Å². The van der Waals surface area contributed by atoms with Crippen LogP contribution in [-0.2, 0) is 11.2 Å². The van der Waals surface area contributed by atoms with E-state index in [1.807, 2.05) is 35.2 Å². The topological polar surface area (TPSA) is 105 Å². The molecule has 0 atom stereocenters. The zero-order valence-corrected chi connectivity index (χ0v) is 16.3. The molecule has 3 rings (SSSR count). The van der Waals surface area contributed by atoms with Crippen LogP contribution in [0.4, 0.5) is 17.6 Å². The fourth-order valence-electron chi connectivity index (χ4n) is 3.20. The van der Waals surface area contributed by atoms with Gasteiger partial charge in [-0.05, 0) is 37.0 Å². The summed E-state index contributed by atoms with van der Waals surface area (Å²) in [4.78, 5) is 22.0. The van der Waals surface area contributed by atoms with Crippen LogP contribution < -0.4 is 21.1 Å². The highest BCUT2D eigenvalue weighted by atomic mass is 16.5. The lowest BCUT2D eigenvalue weighted by molar-refractivity contribution is -0.127. The van der Waals surface area contributed by atoms with Gasteiger partial charge in [0.25, 0.3) is 0 Å². The van der Waals surface area contributed by atoms with Crippen LogP contribution in [0.2, 0.25) is 0 Å². The highest BCUT2D eigenvalue weighted by molar-refractivity contribution is 5.78. The molecule has 2 aromatic rings. The van der Waals surface area contributed by atoms with Gasteiger partial charge in [-0.1, -0.05) is 12.1 Å². The molecular weight excluding hydrogens is 356 g/mol. The number of nitrogens with one attached hydrogen (secondary N) is 2. The number of nitrogens with zero attached hydrogens (tertiary/aromatic N) is 3. The molecule has 1 saturated heterocycles. The van der Waals surface area contributed by atoms with E-state index >= 15 is 0 Å². The summed E-state index contributed by atoms with van der Waals surface area (Å²) < 4.78 is 5.17. The number of nitrogens with two attached hydrogens (primary N) is 1. The van der Waals surface area contributed by atoms with Crippen molar-refractivity contribution < 1.29 is 9.53 Å². The molecule has 8 nitrogen and oxygen atoms in total. The van der Waals surface area contributed by atoms with E-state index in [1.54, 1.807) is 7.11 Å². The van der Waals surface area contributed by atoms with E-state index in [1.165, 1.54) is 5.56 Å². The van der Waals surface area contributed by atoms with Crippen molar-refractivity contribution >= 4 is 23.5 Å². The van der Waals surface area contributed by atoms with Gasteiger partial charge in [-0.3, -0.25) is 4.79 Å². The van der Waals surface area contributed by atoms with E-state index in [0.29, 0.717) is 18.1 Å². The number of anilines is 3. The molecule has 1 fully saturated rings. The Morgan fingerprint density at radius 3 is 2.50 bits per heavy atom. The monoisotopic (exact) mass is 384 g/mol. The number of methoxy groups -OCH3 is 1. The van der Waals surface area contributed by atoms with Crippen LogP contribution in [0.25, 0.3) is 0 Å². The number of carbonyl (C=O) groups is 1. The van der Waals surface area contributed by atoms with Crippen LogP contribution in [0.15, 0.2) is 30.3 Å². The minimum atomic E-state index is 0.228. The van der Waals surface area contributed by atoms with Crippen molar-refractivity contribution in [2.45, 2.75) is 25.7 Å². The van der Waals surface area contributed by atoms with Crippen molar-refractivity contribution in [1.82, 2.24) is 14.9 Å². The summed E-state index contributed by atoms with van der Waals surface area (Å²) in [6.45, 7) is 3.12. The summed E-state index contributed by atoms with van der Waals surface area (Å²) in [5.74, 6) is 2.72. The lowest BCUT2D eigenvalue weighted by Gasteiger charge is -2.15. The summed E-state index contributed by atoms with van der Waals surface area (Å²) in [7, 11) is 1.66. The standard InChI is InChI=1S/C20H28N6O2/c1-28-16-7-5-15(6-8-16)9-11-23-18-14-17(24-20(21)25-18)22-10-3-13-26-12-2-4-19(26)27/h5-8,14H,2-4,9-13H2,1H3,(H4,21,22,23,24,25). The van der Waals surface area contributed by atoms with Gasteiger partial charge in [-0.2, -0.15) is 9.97 Å². The SMILES string of the molecule is COc1ccc(CCNc2cc(NCCCN3CCCC3=O)nc(N)n2)cc1. The quantitative estimate of drug-likeness (QED) is 0.539. The lowest BCUT2D eigenvalue weighted by Crippen LogP contribution is -2.27. The molecule has 1 aromatic heterocycles. The molecular formula is C20H28N6O2. The molecule has 0 spiro atoms. The van der Waals surface area contributed by atoms with Crippen LogP contribution in [0.3, 0.4) is 0 Å². The number of amides is 1. The van der Waals surface area contributed by atoms with E-state index in [-0.39, 0.29) is 11.9 Å². The second-order valence-corrected chi connectivity index (χ2v) is 6.79. The second kappa shape index (κ2) is 9.77. The van der Waals surface area contributed by atoms with E-state index in [9.17, 15) is 4.79 Å². The van der Waals surface area contributed by atoms with Crippen molar-refractivity contribution in [1.29, 1.82) is 0 Å². The fourth-order valence-corrected chi connectivity index (χ4v) is 3.20. The molecule has 0 unspecified atom stereocenters. The summed E-state index contributed by atoms with van der Waals surface area (Å²) in [6, 6.07) is 9.86.